The van der Waals surface area contributed by atoms with Crippen LogP contribution in [0.1, 0.15) is 56.6 Å². The molecule has 19 heavy (non-hydrogen) atoms. The summed E-state index contributed by atoms with van der Waals surface area (Å²) in [4.78, 5) is 0. The van der Waals surface area contributed by atoms with Gasteiger partial charge in [0, 0.05) is 18.9 Å². The van der Waals surface area contributed by atoms with Gasteiger partial charge in [-0.2, -0.15) is 0 Å². The van der Waals surface area contributed by atoms with Gasteiger partial charge in [0.2, 0.25) is 0 Å². The Hall–Kier alpha value is -0.910. The molecule has 0 amide bonds. The van der Waals surface area contributed by atoms with Gasteiger partial charge in [-0.15, -0.1) is 10.2 Å². The van der Waals surface area contributed by atoms with Gasteiger partial charge in [-0.1, -0.05) is 13.3 Å². The molecule has 1 saturated heterocycles. The molecule has 1 aromatic rings. The van der Waals surface area contributed by atoms with Gasteiger partial charge in [0.25, 0.3) is 0 Å². The molecule has 0 aliphatic carbocycles. The van der Waals surface area contributed by atoms with Gasteiger partial charge >= 0.3 is 0 Å². The Balaban J connectivity index is 1.84. The fourth-order valence-corrected chi connectivity index (χ4v) is 5.12. The van der Waals surface area contributed by atoms with E-state index in [1.54, 1.807) is 0 Å². The van der Waals surface area contributed by atoms with Crippen molar-refractivity contribution in [1.82, 2.24) is 14.8 Å². The van der Waals surface area contributed by atoms with E-state index in [9.17, 15) is 8.42 Å². The smallest absolute Gasteiger partial charge is 0.153 e. The maximum atomic E-state index is 12.1. The minimum Gasteiger partial charge on any atom is -0.315 e. The van der Waals surface area contributed by atoms with Crippen LogP contribution in [0.15, 0.2) is 0 Å². The van der Waals surface area contributed by atoms with Crippen molar-refractivity contribution in [2.75, 3.05) is 5.75 Å². The van der Waals surface area contributed by atoms with Crippen LogP contribution in [0.25, 0.3) is 0 Å². The molecule has 3 heterocycles. The normalized spacial score (nSPS) is 29.9. The molecule has 2 atom stereocenters. The summed E-state index contributed by atoms with van der Waals surface area (Å²) in [6.07, 6.45) is 5.44. The van der Waals surface area contributed by atoms with E-state index in [1.807, 2.05) is 0 Å². The van der Waals surface area contributed by atoms with Crippen LogP contribution in [0.2, 0.25) is 0 Å². The lowest BCUT2D eigenvalue weighted by molar-refractivity contribution is 0.449. The van der Waals surface area contributed by atoms with Crippen molar-refractivity contribution in [1.29, 1.82) is 0 Å². The van der Waals surface area contributed by atoms with Gasteiger partial charge in [-0.05, 0) is 25.7 Å². The van der Waals surface area contributed by atoms with E-state index in [-0.39, 0.29) is 5.25 Å². The molecule has 0 bridgehead atoms. The van der Waals surface area contributed by atoms with Gasteiger partial charge in [-0.25, -0.2) is 8.42 Å². The van der Waals surface area contributed by atoms with E-state index < -0.39 is 9.84 Å². The standard InChI is InChI=1S/C13H21N3O2S/c1-10-5-4-7-16-12(14-15-13(10)16)9-11-6-2-3-8-19(11,17)18/h10-11H,2-9H2,1H3. The maximum absolute atomic E-state index is 12.1. The summed E-state index contributed by atoms with van der Waals surface area (Å²) in [6, 6.07) is 0. The van der Waals surface area contributed by atoms with Gasteiger partial charge < -0.3 is 4.57 Å². The van der Waals surface area contributed by atoms with Gasteiger partial charge in [0.15, 0.2) is 9.84 Å². The Morgan fingerprint density at radius 3 is 2.84 bits per heavy atom. The predicted molar refractivity (Wildman–Crippen MR) is 72.8 cm³/mol. The van der Waals surface area contributed by atoms with Crippen LogP contribution in [-0.4, -0.2) is 34.2 Å². The molecular formula is C13H21N3O2S. The lowest BCUT2D eigenvalue weighted by Crippen LogP contribution is -2.31. The Labute approximate surface area is 114 Å². The second-order valence-electron chi connectivity index (χ2n) is 5.86. The molecule has 1 aromatic heterocycles. The molecule has 6 heteroatoms. The maximum Gasteiger partial charge on any atom is 0.153 e. The summed E-state index contributed by atoms with van der Waals surface area (Å²) < 4.78 is 26.3. The molecule has 0 radical (unpaired) electrons. The van der Waals surface area contributed by atoms with Gasteiger partial charge in [-0.3, -0.25) is 0 Å². The van der Waals surface area contributed by atoms with Crippen molar-refractivity contribution < 1.29 is 8.42 Å². The lowest BCUT2D eigenvalue weighted by Gasteiger charge is -2.24. The van der Waals surface area contributed by atoms with E-state index in [0.717, 1.165) is 50.3 Å². The van der Waals surface area contributed by atoms with Crippen molar-refractivity contribution in [3.05, 3.63) is 11.6 Å². The molecular weight excluding hydrogens is 262 g/mol. The number of rotatable bonds is 2. The average Bonchev–Trinajstić information content (AvgIpc) is 2.77. The number of aromatic nitrogens is 3. The molecule has 2 aliphatic rings. The van der Waals surface area contributed by atoms with Crippen LogP contribution >= 0.6 is 0 Å². The van der Waals surface area contributed by atoms with Crippen molar-refractivity contribution >= 4 is 9.84 Å². The first-order chi connectivity index (χ1) is 9.08. The topological polar surface area (TPSA) is 64.8 Å². The zero-order valence-corrected chi connectivity index (χ0v) is 12.2. The van der Waals surface area contributed by atoms with Crippen molar-refractivity contribution in [2.45, 2.75) is 63.2 Å². The predicted octanol–water partition coefficient (Wildman–Crippen LogP) is 1.69. The zero-order valence-electron chi connectivity index (χ0n) is 11.4. The molecule has 1 fully saturated rings. The minimum absolute atomic E-state index is 0.244. The summed E-state index contributed by atoms with van der Waals surface area (Å²) in [5.41, 5.74) is 0. The molecule has 2 unspecified atom stereocenters. The SMILES string of the molecule is CC1CCCn2c(CC3CCCCS3(=O)=O)nnc21. The third-order valence-electron chi connectivity index (χ3n) is 4.44. The molecule has 0 spiro atoms. The quantitative estimate of drug-likeness (QED) is 0.828. The third kappa shape index (κ3) is 2.42. The second kappa shape index (κ2) is 4.89. The number of hydrogen-bond acceptors (Lipinski definition) is 4. The number of sulfone groups is 1. The van der Waals surface area contributed by atoms with Crippen LogP contribution in [0.5, 0.6) is 0 Å². The van der Waals surface area contributed by atoms with E-state index in [2.05, 4.69) is 21.7 Å². The fraction of sp³-hybridized carbons (Fsp3) is 0.846. The molecule has 0 N–H and O–H groups in total. The van der Waals surface area contributed by atoms with E-state index >= 15 is 0 Å². The van der Waals surface area contributed by atoms with Gasteiger partial charge in [0.1, 0.15) is 11.6 Å². The number of hydrogen-bond donors (Lipinski definition) is 0. The monoisotopic (exact) mass is 283 g/mol. The van der Waals surface area contributed by atoms with Crippen LogP contribution in [0.3, 0.4) is 0 Å². The minimum atomic E-state index is -2.92. The fourth-order valence-electron chi connectivity index (χ4n) is 3.25. The van der Waals surface area contributed by atoms with Crippen molar-refractivity contribution in [3.63, 3.8) is 0 Å². The zero-order chi connectivity index (χ0) is 13.5. The Kier molecular flexibility index (Phi) is 3.37. The first-order valence-corrected chi connectivity index (χ1v) is 8.93. The Morgan fingerprint density at radius 1 is 1.21 bits per heavy atom. The number of fused-ring (bicyclic) bond motifs is 1. The molecule has 2 aliphatic heterocycles. The molecule has 3 rings (SSSR count). The first kappa shape index (κ1) is 13.1. The van der Waals surface area contributed by atoms with Crippen molar-refractivity contribution in [2.24, 2.45) is 0 Å². The largest absolute Gasteiger partial charge is 0.315 e. The van der Waals surface area contributed by atoms with E-state index in [4.69, 9.17) is 0 Å². The van der Waals surface area contributed by atoms with Crippen LogP contribution in [0.4, 0.5) is 0 Å². The highest BCUT2D eigenvalue weighted by Gasteiger charge is 2.31. The summed E-state index contributed by atoms with van der Waals surface area (Å²) in [6.45, 7) is 3.11. The lowest BCUT2D eigenvalue weighted by atomic mass is 10.0. The summed E-state index contributed by atoms with van der Waals surface area (Å²) in [5.74, 6) is 2.69. The van der Waals surface area contributed by atoms with E-state index in [1.165, 1.54) is 0 Å². The summed E-state index contributed by atoms with van der Waals surface area (Å²) in [7, 11) is -2.92. The van der Waals surface area contributed by atoms with Crippen LogP contribution in [-0.2, 0) is 22.8 Å². The van der Waals surface area contributed by atoms with Gasteiger partial charge in [0.05, 0.1) is 11.0 Å². The summed E-state index contributed by atoms with van der Waals surface area (Å²) in [5, 5.41) is 8.28. The third-order valence-corrected chi connectivity index (χ3v) is 6.71. The highest BCUT2D eigenvalue weighted by atomic mass is 32.2. The Morgan fingerprint density at radius 2 is 2.05 bits per heavy atom. The first-order valence-electron chi connectivity index (χ1n) is 7.21. The highest BCUT2D eigenvalue weighted by Crippen LogP contribution is 2.28. The van der Waals surface area contributed by atoms with Crippen molar-refractivity contribution in [3.8, 4) is 0 Å². The highest BCUT2D eigenvalue weighted by molar-refractivity contribution is 7.92. The van der Waals surface area contributed by atoms with E-state index in [0.29, 0.717) is 18.1 Å². The second-order valence-corrected chi connectivity index (χ2v) is 8.26. The Bertz CT molecular complexity index is 564. The molecule has 5 nitrogen and oxygen atoms in total. The van der Waals surface area contributed by atoms with Crippen LogP contribution < -0.4 is 0 Å². The molecule has 106 valence electrons. The summed E-state index contributed by atoms with van der Waals surface area (Å²) >= 11 is 0. The molecule has 0 aromatic carbocycles. The molecule has 0 saturated carbocycles. The van der Waals surface area contributed by atoms with Crippen LogP contribution in [0, 0.1) is 0 Å². The number of nitrogens with zero attached hydrogens (tertiary/aromatic N) is 3. The average molecular weight is 283 g/mol.